The number of aryl methyl sites for hydroxylation is 3. The van der Waals surface area contributed by atoms with Gasteiger partial charge in [0.15, 0.2) is 5.78 Å². The van der Waals surface area contributed by atoms with Crippen molar-refractivity contribution in [2.24, 2.45) is 5.92 Å². The van der Waals surface area contributed by atoms with E-state index >= 15 is 0 Å². The number of ketones is 1. The zero-order valence-electron chi connectivity index (χ0n) is 15.3. The molecule has 1 aliphatic rings. The zero-order valence-corrected chi connectivity index (χ0v) is 16.2. The van der Waals surface area contributed by atoms with Crippen molar-refractivity contribution in [1.82, 2.24) is 9.55 Å². The first kappa shape index (κ1) is 17.2. The Bertz CT molecular complexity index is 1080. The van der Waals surface area contributed by atoms with Gasteiger partial charge in [-0.05, 0) is 50.2 Å². The van der Waals surface area contributed by atoms with E-state index in [4.69, 9.17) is 0 Å². The monoisotopic (exact) mass is 366 g/mol. The van der Waals surface area contributed by atoms with Gasteiger partial charge in [0.05, 0.1) is 18.3 Å². The largest absolute Gasteiger partial charge is 0.292 e. The highest BCUT2D eigenvalue weighted by molar-refractivity contribution is 7.18. The molecular weight excluding hydrogens is 344 g/mol. The van der Waals surface area contributed by atoms with E-state index in [9.17, 15) is 9.59 Å². The fourth-order valence-corrected chi connectivity index (χ4v) is 5.19. The SMILES string of the molecule is Cc1ccc(C(=O)Cn2cnc3sc4c(c3c2=O)CC[C@@H](C)C4)c(C)c1. The molecule has 26 heavy (non-hydrogen) atoms. The number of carbonyl (C=O) groups excluding carboxylic acids is 1. The molecule has 5 heteroatoms. The molecule has 134 valence electrons. The average Bonchev–Trinajstić information content (AvgIpc) is 2.95. The van der Waals surface area contributed by atoms with Crippen LogP contribution in [-0.4, -0.2) is 15.3 Å². The van der Waals surface area contributed by atoms with E-state index in [1.807, 2.05) is 32.0 Å². The summed E-state index contributed by atoms with van der Waals surface area (Å²) in [5.41, 5.74) is 3.82. The Morgan fingerprint density at radius 3 is 2.92 bits per heavy atom. The number of thiophene rings is 1. The number of Topliss-reactive ketones (excluding diaryl/α,β-unsaturated/α-hetero) is 1. The number of aromatic nitrogens is 2. The second kappa shape index (κ2) is 6.47. The van der Waals surface area contributed by atoms with Crippen LogP contribution < -0.4 is 5.56 Å². The van der Waals surface area contributed by atoms with Gasteiger partial charge >= 0.3 is 0 Å². The van der Waals surface area contributed by atoms with Crippen LogP contribution in [0.1, 0.15) is 45.3 Å². The second-order valence-electron chi connectivity index (χ2n) is 7.45. The summed E-state index contributed by atoms with van der Waals surface area (Å²) >= 11 is 1.64. The minimum atomic E-state index is -0.0832. The summed E-state index contributed by atoms with van der Waals surface area (Å²) in [6.45, 7) is 6.22. The van der Waals surface area contributed by atoms with Crippen LogP contribution in [0.2, 0.25) is 0 Å². The van der Waals surface area contributed by atoms with Crippen LogP contribution >= 0.6 is 11.3 Å². The van der Waals surface area contributed by atoms with Crippen LogP contribution in [0.5, 0.6) is 0 Å². The highest BCUT2D eigenvalue weighted by Gasteiger charge is 2.23. The molecule has 0 N–H and O–H groups in total. The normalized spacial score (nSPS) is 16.7. The van der Waals surface area contributed by atoms with Crippen LogP contribution in [0.4, 0.5) is 0 Å². The van der Waals surface area contributed by atoms with Gasteiger partial charge in [-0.1, -0.05) is 30.7 Å². The molecule has 3 aromatic rings. The standard InChI is InChI=1S/C21H22N2O2S/c1-12-4-6-15(14(3)8-12)17(24)10-23-11-22-20-19(21(23)25)16-7-5-13(2)9-18(16)26-20/h4,6,8,11,13H,5,7,9-10H2,1-3H3/t13-/m1/s1. The lowest BCUT2D eigenvalue weighted by Crippen LogP contribution is -2.25. The Kier molecular flexibility index (Phi) is 4.27. The van der Waals surface area contributed by atoms with Crippen molar-refractivity contribution in [2.45, 2.75) is 46.6 Å². The van der Waals surface area contributed by atoms with Crippen molar-refractivity contribution in [3.8, 4) is 0 Å². The number of fused-ring (bicyclic) bond motifs is 3. The summed E-state index contributed by atoms with van der Waals surface area (Å²) in [5.74, 6) is 0.604. The van der Waals surface area contributed by atoms with Gasteiger partial charge in [0.2, 0.25) is 0 Å². The first-order chi connectivity index (χ1) is 12.4. The average molecular weight is 366 g/mol. The molecule has 1 atom stereocenters. The third-order valence-electron chi connectivity index (χ3n) is 5.28. The predicted octanol–water partition coefficient (Wildman–Crippen LogP) is 4.08. The zero-order chi connectivity index (χ0) is 18.4. The fraction of sp³-hybridized carbons (Fsp3) is 0.381. The lowest BCUT2D eigenvalue weighted by Gasteiger charge is -2.17. The Balaban J connectivity index is 1.72. The lowest BCUT2D eigenvalue weighted by atomic mass is 9.89. The minimum absolute atomic E-state index is 0.0344. The molecule has 4 nitrogen and oxygen atoms in total. The molecular formula is C21H22N2O2S. The quantitative estimate of drug-likeness (QED) is 0.656. The van der Waals surface area contributed by atoms with E-state index in [0.717, 1.165) is 46.2 Å². The maximum atomic E-state index is 13.0. The van der Waals surface area contributed by atoms with Crippen molar-refractivity contribution in [1.29, 1.82) is 0 Å². The van der Waals surface area contributed by atoms with Crippen molar-refractivity contribution < 1.29 is 4.79 Å². The van der Waals surface area contributed by atoms with Crippen molar-refractivity contribution >= 4 is 27.3 Å². The van der Waals surface area contributed by atoms with Gasteiger partial charge in [-0.25, -0.2) is 4.98 Å². The molecule has 0 saturated carbocycles. The van der Waals surface area contributed by atoms with E-state index in [1.54, 1.807) is 11.3 Å². The molecule has 0 amide bonds. The molecule has 0 aliphatic heterocycles. The molecule has 2 aromatic heterocycles. The molecule has 0 radical (unpaired) electrons. The van der Waals surface area contributed by atoms with Crippen molar-refractivity contribution in [2.75, 3.05) is 0 Å². The van der Waals surface area contributed by atoms with Crippen LogP contribution in [-0.2, 0) is 19.4 Å². The summed E-state index contributed by atoms with van der Waals surface area (Å²) in [7, 11) is 0. The third kappa shape index (κ3) is 2.90. The van der Waals surface area contributed by atoms with Crippen molar-refractivity contribution in [3.63, 3.8) is 0 Å². The van der Waals surface area contributed by atoms with Gasteiger partial charge in [0.25, 0.3) is 5.56 Å². The smallest absolute Gasteiger partial charge is 0.262 e. The van der Waals surface area contributed by atoms with E-state index < -0.39 is 0 Å². The molecule has 0 fully saturated rings. The van der Waals surface area contributed by atoms with Gasteiger partial charge < -0.3 is 0 Å². The van der Waals surface area contributed by atoms with Gasteiger partial charge in [0, 0.05) is 10.4 Å². The molecule has 2 heterocycles. The molecule has 0 unspecified atom stereocenters. The highest BCUT2D eigenvalue weighted by atomic mass is 32.1. The summed E-state index contributed by atoms with van der Waals surface area (Å²) < 4.78 is 1.47. The fourth-order valence-electron chi connectivity index (χ4n) is 3.85. The van der Waals surface area contributed by atoms with E-state index in [-0.39, 0.29) is 17.9 Å². The summed E-state index contributed by atoms with van der Waals surface area (Å²) in [5, 5.41) is 0.729. The molecule has 0 bridgehead atoms. The number of benzene rings is 1. The second-order valence-corrected chi connectivity index (χ2v) is 8.53. The maximum absolute atomic E-state index is 13.0. The van der Waals surface area contributed by atoms with Gasteiger partial charge in [-0.15, -0.1) is 11.3 Å². The van der Waals surface area contributed by atoms with Gasteiger partial charge in [-0.3, -0.25) is 14.2 Å². The molecule has 1 aliphatic carbocycles. The molecule has 4 rings (SSSR count). The predicted molar refractivity (Wildman–Crippen MR) is 105 cm³/mol. The number of hydrogen-bond donors (Lipinski definition) is 0. The Hall–Kier alpha value is -2.27. The van der Waals surface area contributed by atoms with Crippen LogP contribution in [0.25, 0.3) is 10.2 Å². The Morgan fingerprint density at radius 2 is 2.15 bits per heavy atom. The molecule has 1 aromatic carbocycles. The van der Waals surface area contributed by atoms with Gasteiger partial charge in [0.1, 0.15) is 4.83 Å². The summed E-state index contributed by atoms with van der Waals surface area (Å²) in [6.07, 6.45) is 4.59. The third-order valence-corrected chi connectivity index (χ3v) is 6.44. The van der Waals surface area contributed by atoms with Crippen LogP contribution in [0.15, 0.2) is 29.3 Å². The molecule has 0 spiro atoms. The van der Waals surface area contributed by atoms with Crippen molar-refractivity contribution in [3.05, 3.63) is 62.0 Å². The summed E-state index contributed by atoms with van der Waals surface area (Å²) in [6, 6.07) is 5.77. The van der Waals surface area contributed by atoms with E-state index in [0.29, 0.717) is 11.5 Å². The number of rotatable bonds is 3. The molecule has 0 saturated heterocycles. The topological polar surface area (TPSA) is 52.0 Å². The number of nitrogens with zero attached hydrogens (tertiary/aromatic N) is 2. The van der Waals surface area contributed by atoms with Crippen LogP contribution in [0, 0.1) is 19.8 Å². The van der Waals surface area contributed by atoms with E-state index in [2.05, 4.69) is 11.9 Å². The maximum Gasteiger partial charge on any atom is 0.262 e. The Morgan fingerprint density at radius 1 is 1.35 bits per heavy atom. The first-order valence-electron chi connectivity index (χ1n) is 9.04. The minimum Gasteiger partial charge on any atom is -0.292 e. The van der Waals surface area contributed by atoms with E-state index in [1.165, 1.54) is 15.8 Å². The number of carbonyl (C=O) groups is 1. The lowest BCUT2D eigenvalue weighted by molar-refractivity contribution is 0.0970. The first-order valence-corrected chi connectivity index (χ1v) is 9.86. The summed E-state index contributed by atoms with van der Waals surface area (Å²) in [4.78, 5) is 32.3. The number of hydrogen-bond acceptors (Lipinski definition) is 4. The highest BCUT2D eigenvalue weighted by Crippen LogP contribution is 2.35. The Labute approximate surface area is 156 Å². The van der Waals surface area contributed by atoms with Crippen LogP contribution in [0.3, 0.4) is 0 Å². The van der Waals surface area contributed by atoms with Gasteiger partial charge in [-0.2, -0.15) is 0 Å².